The fraction of sp³-hybridized carbons (Fsp3) is 0.364. The maximum Gasteiger partial charge on any atom is 0.342 e. The van der Waals surface area contributed by atoms with Gasteiger partial charge in [0.2, 0.25) is 0 Å². The summed E-state index contributed by atoms with van der Waals surface area (Å²) < 4.78 is 41.7. The molecular weight excluding hydrogens is 297 g/mol. The van der Waals surface area contributed by atoms with Gasteiger partial charge in [-0.25, -0.2) is 18.0 Å². The highest BCUT2D eigenvalue weighted by Gasteiger charge is 2.23. The van der Waals surface area contributed by atoms with Gasteiger partial charge >= 0.3 is 5.97 Å². The summed E-state index contributed by atoms with van der Waals surface area (Å²) in [6.45, 7) is -1.01. The summed E-state index contributed by atoms with van der Waals surface area (Å²) in [5, 5.41) is 21.9. The number of aromatic carboxylic acids is 1. The van der Waals surface area contributed by atoms with E-state index in [2.05, 4.69) is 10.1 Å². The van der Waals surface area contributed by atoms with Gasteiger partial charge in [-0.3, -0.25) is 10.1 Å². The lowest BCUT2D eigenvalue weighted by atomic mass is 10.1. The first-order valence-corrected chi connectivity index (χ1v) is 5.64. The van der Waals surface area contributed by atoms with Crippen molar-refractivity contribution in [3.63, 3.8) is 0 Å². The van der Waals surface area contributed by atoms with Gasteiger partial charge in [-0.1, -0.05) is 0 Å². The predicted molar refractivity (Wildman–Crippen MR) is 65.3 cm³/mol. The van der Waals surface area contributed by atoms with Gasteiger partial charge in [-0.2, -0.15) is 0 Å². The van der Waals surface area contributed by atoms with Crippen LogP contribution >= 0.6 is 0 Å². The first-order valence-electron chi connectivity index (χ1n) is 5.64. The number of carboxylic acid groups (broad SMARTS) is 1. The molecule has 0 radical (unpaired) electrons. The van der Waals surface area contributed by atoms with Crippen molar-refractivity contribution in [2.75, 3.05) is 25.1 Å². The lowest BCUT2D eigenvalue weighted by Crippen LogP contribution is -2.14. The molecular formula is C11H11F3N2O5. The Kier molecular flexibility index (Phi) is 5.91. The Labute approximate surface area is 116 Å². The van der Waals surface area contributed by atoms with Crippen molar-refractivity contribution in [2.24, 2.45) is 0 Å². The number of anilines is 1. The number of hydrogen-bond acceptors (Lipinski definition) is 5. The van der Waals surface area contributed by atoms with E-state index < -0.39 is 41.0 Å². The van der Waals surface area contributed by atoms with Crippen molar-refractivity contribution in [2.45, 2.75) is 6.43 Å². The van der Waals surface area contributed by atoms with E-state index in [-0.39, 0.29) is 18.8 Å². The SMILES string of the molecule is O=C(O)c1cc(NCCOCC(F)F)c(F)cc1[N+](=O)[O-]. The summed E-state index contributed by atoms with van der Waals surface area (Å²) in [5.41, 5.74) is -1.85. The Morgan fingerprint density at radius 3 is 2.67 bits per heavy atom. The lowest BCUT2D eigenvalue weighted by Gasteiger charge is -2.09. The first-order chi connectivity index (χ1) is 9.82. The molecule has 1 aromatic carbocycles. The summed E-state index contributed by atoms with van der Waals surface area (Å²) >= 11 is 0. The molecule has 0 spiro atoms. The second-order valence-corrected chi connectivity index (χ2v) is 3.80. The fourth-order valence-electron chi connectivity index (χ4n) is 1.45. The summed E-state index contributed by atoms with van der Waals surface area (Å²) in [5.74, 6) is -2.61. The second-order valence-electron chi connectivity index (χ2n) is 3.80. The number of carbonyl (C=O) groups is 1. The number of halogens is 3. The minimum atomic E-state index is -2.63. The molecule has 0 heterocycles. The number of alkyl halides is 2. The van der Waals surface area contributed by atoms with Crippen molar-refractivity contribution >= 4 is 17.3 Å². The summed E-state index contributed by atoms with van der Waals surface area (Å²) in [4.78, 5) is 20.5. The van der Waals surface area contributed by atoms with Gasteiger partial charge in [0.25, 0.3) is 12.1 Å². The van der Waals surface area contributed by atoms with E-state index in [1.165, 1.54) is 0 Å². The van der Waals surface area contributed by atoms with Crippen molar-refractivity contribution in [3.05, 3.63) is 33.6 Å². The lowest BCUT2D eigenvalue weighted by molar-refractivity contribution is -0.385. The number of benzene rings is 1. The van der Waals surface area contributed by atoms with E-state index in [0.717, 1.165) is 6.07 Å². The van der Waals surface area contributed by atoms with Crippen LogP contribution in [-0.2, 0) is 4.74 Å². The van der Waals surface area contributed by atoms with E-state index in [9.17, 15) is 28.1 Å². The molecule has 0 bridgehead atoms. The number of carboxylic acids is 1. The summed E-state index contributed by atoms with van der Waals surface area (Å²) in [7, 11) is 0. The monoisotopic (exact) mass is 308 g/mol. The number of hydrogen-bond donors (Lipinski definition) is 2. The Hall–Kier alpha value is -2.36. The van der Waals surface area contributed by atoms with Crippen LogP contribution in [0.4, 0.5) is 24.5 Å². The maximum atomic E-state index is 13.6. The Morgan fingerprint density at radius 2 is 2.14 bits per heavy atom. The maximum absolute atomic E-state index is 13.6. The molecule has 116 valence electrons. The first kappa shape index (κ1) is 16.7. The summed E-state index contributed by atoms with van der Waals surface area (Å²) in [6.07, 6.45) is -2.63. The molecule has 0 aliphatic carbocycles. The van der Waals surface area contributed by atoms with Crippen LogP contribution in [0.5, 0.6) is 0 Å². The Morgan fingerprint density at radius 1 is 1.48 bits per heavy atom. The third-order valence-electron chi connectivity index (χ3n) is 2.32. The molecule has 0 aliphatic heterocycles. The van der Waals surface area contributed by atoms with Gasteiger partial charge in [-0.05, 0) is 6.07 Å². The number of nitro groups is 1. The molecule has 21 heavy (non-hydrogen) atoms. The predicted octanol–water partition coefficient (Wildman–Crippen LogP) is 2.13. The van der Waals surface area contributed by atoms with Crippen LogP contribution in [0.3, 0.4) is 0 Å². The van der Waals surface area contributed by atoms with E-state index in [1.807, 2.05) is 0 Å². The smallest absolute Gasteiger partial charge is 0.342 e. The van der Waals surface area contributed by atoms with Crippen LogP contribution in [0, 0.1) is 15.9 Å². The minimum Gasteiger partial charge on any atom is -0.477 e. The molecule has 0 aliphatic rings. The van der Waals surface area contributed by atoms with Crippen molar-refractivity contribution in [1.29, 1.82) is 0 Å². The molecule has 1 aromatic rings. The highest BCUT2D eigenvalue weighted by Crippen LogP contribution is 2.26. The molecule has 0 saturated heterocycles. The second kappa shape index (κ2) is 7.43. The van der Waals surface area contributed by atoms with E-state index in [0.29, 0.717) is 6.07 Å². The van der Waals surface area contributed by atoms with E-state index in [1.54, 1.807) is 0 Å². The molecule has 0 aromatic heterocycles. The van der Waals surface area contributed by atoms with Crippen molar-refractivity contribution < 1.29 is 32.7 Å². The fourth-order valence-corrected chi connectivity index (χ4v) is 1.45. The molecule has 2 N–H and O–H groups in total. The molecule has 0 unspecified atom stereocenters. The van der Waals surface area contributed by atoms with Gasteiger partial charge in [-0.15, -0.1) is 0 Å². The molecule has 7 nitrogen and oxygen atoms in total. The van der Waals surface area contributed by atoms with Crippen LogP contribution in [0.15, 0.2) is 12.1 Å². The van der Waals surface area contributed by atoms with Crippen LogP contribution in [0.2, 0.25) is 0 Å². The standard InChI is InChI=1S/C11H11F3N2O5/c12-7-4-9(16(19)20)6(11(17)18)3-8(7)15-1-2-21-5-10(13)14/h3-4,10,15H,1-2,5H2,(H,17,18). The van der Waals surface area contributed by atoms with Crippen molar-refractivity contribution in [3.8, 4) is 0 Å². The third-order valence-corrected chi connectivity index (χ3v) is 2.32. The normalized spacial score (nSPS) is 10.7. The van der Waals surface area contributed by atoms with Gasteiger partial charge in [0.05, 0.1) is 23.3 Å². The molecule has 0 amide bonds. The highest BCUT2D eigenvalue weighted by atomic mass is 19.3. The van der Waals surface area contributed by atoms with Crippen LogP contribution in [0.25, 0.3) is 0 Å². The number of ether oxygens (including phenoxy) is 1. The van der Waals surface area contributed by atoms with Crippen LogP contribution in [0.1, 0.15) is 10.4 Å². The molecule has 0 saturated carbocycles. The minimum absolute atomic E-state index is 0.0689. The van der Waals surface area contributed by atoms with Gasteiger partial charge in [0.15, 0.2) is 5.82 Å². The zero-order chi connectivity index (χ0) is 16.0. The third kappa shape index (κ3) is 4.91. The molecule has 10 heteroatoms. The number of nitro benzene ring substituents is 1. The van der Waals surface area contributed by atoms with Crippen LogP contribution in [-0.4, -0.2) is 42.2 Å². The summed E-state index contributed by atoms with van der Waals surface area (Å²) in [6, 6.07) is 1.24. The average Bonchev–Trinajstić information content (AvgIpc) is 2.38. The van der Waals surface area contributed by atoms with Crippen molar-refractivity contribution in [1.82, 2.24) is 0 Å². The van der Waals surface area contributed by atoms with Gasteiger partial charge in [0.1, 0.15) is 12.2 Å². The number of nitrogens with one attached hydrogen (secondary N) is 1. The quantitative estimate of drug-likeness (QED) is 0.433. The van der Waals surface area contributed by atoms with Gasteiger partial charge in [0, 0.05) is 6.54 Å². The number of nitrogens with zero attached hydrogens (tertiary/aromatic N) is 1. The van der Waals surface area contributed by atoms with Crippen LogP contribution < -0.4 is 5.32 Å². The largest absolute Gasteiger partial charge is 0.477 e. The number of rotatable bonds is 8. The zero-order valence-corrected chi connectivity index (χ0v) is 10.5. The highest BCUT2D eigenvalue weighted by molar-refractivity contribution is 5.93. The zero-order valence-electron chi connectivity index (χ0n) is 10.5. The Bertz CT molecular complexity index is 539. The molecule has 0 fully saturated rings. The Balaban J connectivity index is 2.77. The average molecular weight is 308 g/mol. The van der Waals surface area contributed by atoms with Gasteiger partial charge < -0.3 is 15.2 Å². The van der Waals surface area contributed by atoms with E-state index >= 15 is 0 Å². The van der Waals surface area contributed by atoms with E-state index in [4.69, 9.17) is 5.11 Å². The topological polar surface area (TPSA) is 102 Å². The molecule has 0 atom stereocenters. The molecule has 1 rings (SSSR count).